The molecule has 23 heavy (non-hydrogen) atoms. The molecule has 1 aliphatic heterocycles. The Balaban J connectivity index is 0.000000347. The summed E-state index contributed by atoms with van der Waals surface area (Å²) in [7, 11) is 0. The number of imide groups is 1. The van der Waals surface area contributed by atoms with Crippen molar-refractivity contribution in [2.45, 2.75) is 26.7 Å². The van der Waals surface area contributed by atoms with Crippen LogP contribution in [0.4, 0.5) is 5.82 Å². The van der Waals surface area contributed by atoms with E-state index in [1.54, 1.807) is 0 Å². The molecule has 0 saturated carbocycles. The minimum Gasteiger partial charge on any atom is -0.478 e. The van der Waals surface area contributed by atoms with Gasteiger partial charge in [-0.1, -0.05) is 0 Å². The highest BCUT2D eigenvalue weighted by atomic mass is 16.4. The maximum Gasteiger partial charge on any atom is 0.337 e. The van der Waals surface area contributed by atoms with Crippen molar-refractivity contribution in [1.82, 2.24) is 10.3 Å². The van der Waals surface area contributed by atoms with E-state index < -0.39 is 5.97 Å². The van der Waals surface area contributed by atoms with Gasteiger partial charge >= 0.3 is 5.97 Å². The molecule has 1 aliphatic rings. The van der Waals surface area contributed by atoms with E-state index in [9.17, 15) is 14.4 Å². The van der Waals surface area contributed by atoms with Crippen LogP contribution in [0.15, 0.2) is 23.4 Å². The lowest BCUT2D eigenvalue weighted by atomic mass is 10.3. The molecule has 0 aliphatic carbocycles. The molecule has 0 unspecified atom stereocenters. The number of hydrazone groups is 1. The number of carbonyl (C=O) groups is 3. The molecule has 1 aromatic rings. The number of carboxylic acids is 1. The van der Waals surface area contributed by atoms with Crippen molar-refractivity contribution in [3.05, 3.63) is 23.9 Å². The molecule has 126 valence electrons. The van der Waals surface area contributed by atoms with Crippen LogP contribution in [-0.2, 0) is 9.59 Å². The predicted molar refractivity (Wildman–Crippen MR) is 84.4 cm³/mol. The van der Waals surface area contributed by atoms with Crippen molar-refractivity contribution in [2.24, 2.45) is 16.8 Å². The fraction of sp³-hybridized carbons (Fsp3) is 0.308. The molecule has 2 rings (SSSR count). The molecule has 2 amide bonds. The lowest BCUT2D eigenvalue weighted by Gasteiger charge is -1.97. The molecule has 10 nitrogen and oxygen atoms in total. The molecule has 1 aromatic heterocycles. The molecular weight excluding hydrogens is 304 g/mol. The summed E-state index contributed by atoms with van der Waals surface area (Å²) in [4.78, 5) is 34.3. The summed E-state index contributed by atoms with van der Waals surface area (Å²) in [6.45, 7) is 3.69. The van der Waals surface area contributed by atoms with Crippen LogP contribution in [0.3, 0.4) is 0 Å². The van der Waals surface area contributed by atoms with E-state index in [-0.39, 0.29) is 17.4 Å². The molecule has 1 fully saturated rings. The number of hydrogen-bond acceptors (Lipinski definition) is 8. The first kappa shape index (κ1) is 20.0. The van der Waals surface area contributed by atoms with E-state index in [0.717, 1.165) is 5.71 Å². The quantitative estimate of drug-likeness (QED) is 0.216. The summed E-state index contributed by atoms with van der Waals surface area (Å²) >= 11 is 0. The van der Waals surface area contributed by atoms with Gasteiger partial charge < -0.3 is 16.4 Å². The van der Waals surface area contributed by atoms with Gasteiger partial charge in [0.25, 0.3) is 0 Å². The number of hydrazine groups is 1. The number of anilines is 1. The monoisotopic (exact) mass is 324 g/mol. The van der Waals surface area contributed by atoms with E-state index in [4.69, 9.17) is 16.8 Å². The summed E-state index contributed by atoms with van der Waals surface area (Å²) in [6, 6.07) is 2.91. The first-order valence-electron chi connectivity index (χ1n) is 6.49. The zero-order valence-corrected chi connectivity index (χ0v) is 12.9. The summed E-state index contributed by atoms with van der Waals surface area (Å²) < 4.78 is 0. The minimum atomic E-state index is -0.999. The number of aromatic nitrogens is 1. The number of pyridine rings is 1. The molecule has 7 N–H and O–H groups in total. The van der Waals surface area contributed by atoms with Crippen LogP contribution in [0, 0.1) is 0 Å². The van der Waals surface area contributed by atoms with E-state index in [1.165, 1.54) is 18.3 Å². The predicted octanol–water partition coefficient (Wildman–Crippen LogP) is -0.171. The number of carboxylic acid groups (broad SMARTS) is 1. The number of hydrogen-bond donors (Lipinski definition) is 5. The fourth-order valence-electron chi connectivity index (χ4n) is 1.11. The van der Waals surface area contributed by atoms with Gasteiger partial charge in [0.2, 0.25) is 11.8 Å². The number of aromatic carboxylic acids is 1. The normalized spacial score (nSPS) is 12.0. The number of carbonyl (C=O) groups excluding carboxylic acids is 2. The molecule has 1 saturated heterocycles. The molecule has 0 bridgehead atoms. The average Bonchev–Trinajstić information content (AvgIpc) is 2.91. The number of rotatable bonds is 2. The molecule has 0 aromatic carbocycles. The Labute approximate surface area is 132 Å². The lowest BCUT2D eigenvalue weighted by molar-refractivity contribution is -0.124. The highest BCUT2D eigenvalue weighted by Crippen LogP contribution is 2.02. The number of amides is 2. The SMILES string of the molecule is CC(C)=NN.NNc1ccc(C(=O)O)cn1.O=C1CCC(=O)N1. The fourth-order valence-corrected chi connectivity index (χ4v) is 1.11. The van der Waals surface area contributed by atoms with Crippen molar-refractivity contribution in [3.8, 4) is 0 Å². The van der Waals surface area contributed by atoms with Crippen LogP contribution in [-0.4, -0.2) is 33.6 Å². The van der Waals surface area contributed by atoms with Gasteiger partial charge in [-0.15, -0.1) is 0 Å². The van der Waals surface area contributed by atoms with Crippen molar-refractivity contribution in [2.75, 3.05) is 5.43 Å². The average molecular weight is 324 g/mol. The zero-order chi connectivity index (χ0) is 17.8. The summed E-state index contributed by atoms with van der Waals surface area (Å²) in [5, 5.41) is 13.9. The Morgan fingerprint density at radius 3 is 2.04 bits per heavy atom. The van der Waals surface area contributed by atoms with Crippen molar-refractivity contribution >= 4 is 29.3 Å². The minimum absolute atomic E-state index is 0.143. The van der Waals surface area contributed by atoms with Crippen molar-refractivity contribution in [3.63, 3.8) is 0 Å². The Hall–Kier alpha value is -3.01. The van der Waals surface area contributed by atoms with E-state index in [0.29, 0.717) is 18.7 Å². The van der Waals surface area contributed by atoms with Crippen LogP contribution in [0.1, 0.15) is 37.0 Å². The first-order valence-corrected chi connectivity index (χ1v) is 6.49. The highest BCUT2D eigenvalue weighted by molar-refractivity contribution is 6.01. The number of nitrogens with two attached hydrogens (primary N) is 2. The third-order valence-corrected chi connectivity index (χ3v) is 2.27. The largest absolute Gasteiger partial charge is 0.478 e. The van der Waals surface area contributed by atoms with Gasteiger partial charge in [-0.25, -0.2) is 15.6 Å². The Morgan fingerprint density at radius 2 is 1.83 bits per heavy atom. The highest BCUT2D eigenvalue weighted by Gasteiger charge is 2.15. The van der Waals surface area contributed by atoms with Gasteiger partial charge in [-0.2, -0.15) is 5.10 Å². The lowest BCUT2D eigenvalue weighted by Crippen LogP contribution is -2.18. The molecular formula is C13H20N6O4. The van der Waals surface area contributed by atoms with Gasteiger partial charge in [-0.05, 0) is 26.0 Å². The Bertz CT molecular complexity index is 552. The third kappa shape index (κ3) is 9.52. The molecule has 0 atom stereocenters. The van der Waals surface area contributed by atoms with Crippen LogP contribution >= 0.6 is 0 Å². The topological polar surface area (TPSA) is 173 Å². The second-order valence-electron chi connectivity index (χ2n) is 4.43. The van der Waals surface area contributed by atoms with E-state index in [2.05, 4.69) is 20.8 Å². The van der Waals surface area contributed by atoms with Gasteiger partial charge in [0.15, 0.2) is 0 Å². The summed E-state index contributed by atoms with van der Waals surface area (Å²) in [5.41, 5.74) is 3.34. The Morgan fingerprint density at radius 1 is 1.30 bits per heavy atom. The van der Waals surface area contributed by atoms with Gasteiger partial charge in [0.1, 0.15) is 5.82 Å². The van der Waals surface area contributed by atoms with Crippen LogP contribution in [0.25, 0.3) is 0 Å². The number of nitrogens with zero attached hydrogens (tertiary/aromatic N) is 2. The van der Waals surface area contributed by atoms with E-state index in [1.807, 2.05) is 13.8 Å². The molecule has 0 spiro atoms. The van der Waals surface area contributed by atoms with Gasteiger partial charge in [-0.3, -0.25) is 14.9 Å². The maximum absolute atomic E-state index is 10.3. The maximum atomic E-state index is 10.3. The standard InChI is InChI=1S/C6H7N3O2.C4H5NO2.C3H8N2/c7-9-5-2-1-4(3-8-5)6(10)11;6-3-1-2-4(7)5-3;1-3(2)5-4/h1-3H,7H2,(H,8,9)(H,10,11);1-2H2,(H,5,6,7);4H2,1-2H3. The second kappa shape index (κ2) is 10.7. The molecule has 10 heteroatoms. The zero-order valence-electron chi connectivity index (χ0n) is 12.9. The number of nitrogen functional groups attached to an aromatic ring is 1. The van der Waals surface area contributed by atoms with Crippen molar-refractivity contribution in [1.29, 1.82) is 0 Å². The van der Waals surface area contributed by atoms with E-state index >= 15 is 0 Å². The smallest absolute Gasteiger partial charge is 0.337 e. The van der Waals surface area contributed by atoms with Crippen LogP contribution in [0.2, 0.25) is 0 Å². The van der Waals surface area contributed by atoms with Crippen LogP contribution in [0.5, 0.6) is 0 Å². The summed E-state index contributed by atoms with van der Waals surface area (Å²) in [6.07, 6.45) is 1.98. The number of nitrogens with one attached hydrogen (secondary N) is 2. The molecule has 2 heterocycles. The van der Waals surface area contributed by atoms with Crippen LogP contribution < -0.4 is 22.4 Å². The molecule has 0 radical (unpaired) electrons. The summed E-state index contributed by atoms with van der Waals surface area (Å²) in [5.74, 6) is 8.92. The van der Waals surface area contributed by atoms with Crippen molar-refractivity contribution < 1.29 is 19.5 Å². The van der Waals surface area contributed by atoms with Gasteiger partial charge in [0, 0.05) is 24.8 Å². The second-order valence-corrected chi connectivity index (χ2v) is 4.43. The first-order chi connectivity index (χ1) is 10.8. The Kier molecular flexibility index (Phi) is 9.28. The third-order valence-electron chi connectivity index (χ3n) is 2.27. The van der Waals surface area contributed by atoms with Gasteiger partial charge in [0.05, 0.1) is 5.56 Å².